The maximum Gasteiger partial charge on any atom is 0.219 e. The molecule has 18 heavy (non-hydrogen) atoms. The zero-order valence-electron chi connectivity index (χ0n) is 10.4. The van der Waals surface area contributed by atoms with Gasteiger partial charge in [-0.2, -0.15) is 0 Å². The molecule has 0 aliphatic carbocycles. The largest absolute Gasteiger partial charge is 0.338 e. The minimum atomic E-state index is -3.30. The lowest BCUT2D eigenvalue weighted by Gasteiger charge is -2.26. The normalized spacial score (nSPS) is 22.9. The SMILES string of the molecule is CC(=O)N(CCNS(C)(=O)=O)C1CCS(=O)(=O)C1. The highest BCUT2D eigenvalue weighted by atomic mass is 32.2. The minimum Gasteiger partial charge on any atom is -0.338 e. The number of rotatable bonds is 5. The second kappa shape index (κ2) is 5.54. The van der Waals surface area contributed by atoms with Gasteiger partial charge in [0, 0.05) is 26.1 Å². The lowest BCUT2D eigenvalue weighted by atomic mass is 10.2. The van der Waals surface area contributed by atoms with E-state index in [9.17, 15) is 21.6 Å². The molecule has 106 valence electrons. The van der Waals surface area contributed by atoms with E-state index in [1.165, 1.54) is 11.8 Å². The van der Waals surface area contributed by atoms with Gasteiger partial charge in [0.25, 0.3) is 0 Å². The maximum absolute atomic E-state index is 11.5. The van der Waals surface area contributed by atoms with Crippen LogP contribution in [0.25, 0.3) is 0 Å². The first kappa shape index (κ1) is 15.4. The molecule has 1 aliphatic rings. The molecule has 1 N–H and O–H groups in total. The van der Waals surface area contributed by atoms with Gasteiger partial charge in [0.1, 0.15) is 0 Å². The third-order valence-electron chi connectivity index (χ3n) is 2.77. The molecule has 0 saturated carbocycles. The van der Waals surface area contributed by atoms with Gasteiger partial charge < -0.3 is 4.90 Å². The molecular formula is C9H18N2O5S2. The van der Waals surface area contributed by atoms with E-state index in [2.05, 4.69) is 4.72 Å². The quantitative estimate of drug-likeness (QED) is 0.671. The van der Waals surface area contributed by atoms with Crippen LogP contribution in [0.2, 0.25) is 0 Å². The highest BCUT2D eigenvalue weighted by Crippen LogP contribution is 2.17. The molecule has 1 atom stereocenters. The first-order chi connectivity index (χ1) is 8.11. The van der Waals surface area contributed by atoms with Crippen LogP contribution in [0.4, 0.5) is 0 Å². The highest BCUT2D eigenvalue weighted by Gasteiger charge is 2.33. The number of nitrogens with zero attached hydrogens (tertiary/aromatic N) is 1. The summed E-state index contributed by atoms with van der Waals surface area (Å²) in [5.74, 6) is -0.195. The van der Waals surface area contributed by atoms with Crippen molar-refractivity contribution >= 4 is 25.8 Å². The van der Waals surface area contributed by atoms with Gasteiger partial charge in [0.05, 0.1) is 17.8 Å². The Hall–Kier alpha value is -0.670. The molecule has 0 aromatic heterocycles. The molecule has 1 unspecified atom stereocenters. The summed E-state index contributed by atoms with van der Waals surface area (Å²) in [7, 11) is -6.36. The molecule has 9 heteroatoms. The smallest absolute Gasteiger partial charge is 0.219 e. The van der Waals surface area contributed by atoms with Crippen molar-refractivity contribution in [1.82, 2.24) is 9.62 Å². The monoisotopic (exact) mass is 298 g/mol. The van der Waals surface area contributed by atoms with E-state index in [0.29, 0.717) is 6.42 Å². The predicted molar refractivity (Wildman–Crippen MR) is 67.3 cm³/mol. The van der Waals surface area contributed by atoms with Crippen molar-refractivity contribution in [2.45, 2.75) is 19.4 Å². The Morgan fingerprint density at radius 2 is 2.06 bits per heavy atom. The van der Waals surface area contributed by atoms with E-state index in [1.807, 2.05) is 0 Å². The van der Waals surface area contributed by atoms with Crippen LogP contribution in [0.5, 0.6) is 0 Å². The topological polar surface area (TPSA) is 101 Å². The fraction of sp³-hybridized carbons (Fsp3) is 0.889. The second-order valence-corrected chi connectivity index (χ2v) is 8.50. The van der Waals surface area contributed by atoms with Gasteiger partial charge in [0.2, 0.25) is 15.9 Å². The third kappa shape index (κ3) is 4.91. The molecule has 1 heterocycles. The van der Waals surface area contributed by atoms with Gasteiger partial charge in [-0.05, 0) is 6.42 Å². The van der Waals surface area contributed by atoms with Crippen molar-refractivity contribution < 1.29 is 21.6 Å². The predicted octanol–water partition coefficient (Wildman–Crippen LogP) is -1.43. The lowest BCUT2D eigenvalue weighted by molar-refractivity contribution is -0.130. The summed E-state index contributed by atoms with van der Waals surface area (Å²) in [5.41, 5.74) is 0. The molecule has 0 aromatic carbocycles. The van der Waals surface area contributed by atoms with E-state index in [-0.39, 0.29) is 36.5 Å². The first-order valence-electron chi connectivity index (χ1n) is 5.53. The van der Waals surface area contributed by atoms with Crippen LogP contribution in [0.1, 0.15) is 13.3 Å². The molecular weight excluding hydrogens is 280 g/mol. The van der Waals surface area contributed by atoms with E-state index >= 15 is 0 Å². The summed E-state index contributed by atoms with van der Waals surface area (Å²) in [6.45, 7) is 1.63. The molecule has 1 aliphatic heterocycles. The summed E-state index contributed by atoms with van der Waals surface area (Å²) in [6, 6.07) is -0.339. The Balaban J connectivity index is 2.59. The van der Waals surface area contributed by atoms with Crippen LogP contribution >= 0.6 is 0 Å². The van der Waals surface area contributed by atoms with Crippen LogP contribution in [0.3, 0.4) is 0 Å². The summed E-state index contributed by atoms with van der Waals surface area (Å²) < 4.78 is 46.8. The van der Waals surface area contributed by atoms with Crippen molar-refractivity contribution in [3.05, 3.63) is 0 Å². The molecule has 1 fully saturated rings. The van der Waals surface area contributed by atoms with Crippen molar-refractivity contribution in [3.8, 4) is 0 Å². The maximum atomic E-state index is 11.5. The van der Waals surface area contributed by atoms with Crippen molar-refractivity contribution in [1.29, 1.82) is 0 Å². The molecule has 7 nitrogen and oxygen atoms in total. The minimum absolute atomic E-state index is 0.0363. The summed E-state index contributed by atoms with van der Waals surface area (Å²) >= 11 is 0. The number of hydrogen-bond acceptors (Lipinski definition) is 5. The molecule has 0 radical (unpaired) electrons. The summed E-state index contributed by atoms with van der Waals surface area (Å²) in [5, 5.41) is 0. The number of carbonyl (C=O) groups is 1. The molecule has 0 bridgehead atoms. The fourth-order valence-corrected chi connectivity index (χ4v) is 4.16. The number of carbonyl (C=O) groups excluding carboxylic acids is 1. The Bertz CT molecular complexity index is 511. The zero-order valence-corrected chi connectivity index (χ0v) is 12.1. The molecule has 1 saturated heterocycles. The molecule has 0 aromatic rings. The number of sulfone groups is 1. The molecule has 1 rings (SSSR count). The van der Waals surface area contributed by atoms with E-state index in [0.717, 1.165) is 6.26 Å². The van der Waals surface area contributed by atoms with Crippen LogP contribution in [-0.2, 0) is 24.7 Å². The average Bonchev–Trinajstić information content (AvgIpc) is 2.51. The van der Waals surface area contributed by atoms with Gasteiger partial charge in [-0.25, -0.2) is 21.6 Å². The molecule has 1 amide bonds. The summed E-state index contributed by atoms with van der Waals surface area (Å²) in [6.07, 6.45) is 1.45. The van der Waals surface area contributed by atoms with Crippen molar-refractivity contribution in [2.75, 3.05) is 30.9 Å². The van der Waals surface area contributed by atoms with Crippen molar-refractivity contribution in [2.24, 2.45) is 0 Å². The van der Waals surface area contributed by atoms with E-state index in [4.69, 9.17) is 0 Å². The Kier molecular flexibility index (Phi) is 4.73. The lowest BCUT2D eigenvalue weighted by Crippen LogP contribution is -2.44. The van der Waals surface area contributed by atoms with Gasteiger partial charge in [-0.3, -0.25) is 4.79 Å². The van der Waals surface area contributed by atoms with Crippen LogP contribution in [-0.4, -0.2) is 64.5 Å². The van der Waals surface area contributed by atoms with Gasteiger partial charge in [-0.15, -0.1) is 0 Å². The average molecular weight is 298 g/mol. The highest BCUT2D eigenvalue weighted by molar-refractivity contribution is 7.91. The Labute approximate surface area is 108 Å². The van der Waals surface area contributed by atoms with Crippen LogP contribution in [0, 0.1) is 0 Å². The van der Waals surface area contributed by atoms with Crippen LogP contribution < -0.4 is 4.72 Å². The van der Waals surface area contributed by atoms with Crippen molar-refractivity contribution in [3.63, 3.8) is 0 Å². The number of nitrogens with one attached hydrogen (secondary N) is 1. The standard InChI is InChI=1S/C9H18N2O5S2/c1-8(12)11(5-4-10-17(2,13)14)9-3-6-18(15,16)7-9/h9-10H,3-7H2,1-2H3. The van der Waals surface area contributed by atoms with Gasteiger partial charge >= 0.3 is 0 Å². The number of amides is 1. The van der Waals surface area contributed by atoms with Gasteiger partial charge in [-0.1, -0.05) is 0 Å². The first-order valence-corrected chi connectivity index (χ1v) is 9.24. The number of sulfonamides is 1. The molecule has 0 spiro atoms. The van der Waals surface area contributed by atoms with E-state index < -0.39 is 19.9 Å². The zero-order chi connectivity index (χ0) is 14.0. The Morgan fingerprint density at radius 1 is 1.44 bits per heavy atom. The number of hydrogen-bond donors (Lipinski definition) is 1. The fourth-order valence-electron chi connectivity index (χ4n) is 1.97. The summed E-state index contributed by atoms with van der Waals surface area (Å²) in [4.78, 5) is 12.9. The van der Waals surface area contributed by atoms with Crippen LogP contribution in [0.15, 0.2) is 0 Å². The van der Waals surface area contributed by atoms with Gasteiger partial charge in [0.15, 0.2) is 9.84 Å². The Morgan fingerprint density at radius 3 is 2.44 bits per heavy atom. The third-order valence-corrected chi connectivity index (χ3v) is 5.25. The van der Waals surface area contributed by atoms with E-state index in [1.54, 1.807) is 0 Å². The second-order valence-electron chi connectivity index (χ2n) is 4.44.